The standard InChI is InChI=1S/C20H16FN7/c1-12-5-13(3-4-16(12)21)10-28-11-25-18-17(26-20(23-2)27-19(18)28)15-6-14(7-22)8-24-9-15/h3-6,8-9,11H,10H2,1-2H3,(H,23,26,27). The molecule has 28 heavy (non-hydrogen) atoms. The van der Waals surface area contributed by atoms with Crippen LogP contribution < -0.4 is 5.32 Å². The van der Waals surface area contributed by atoms with Crippen molar-refractivity contribution in [2.45, 2.75) is 13.5 Å². The summed E-state index contributed by atoms with van der Waals surface area (Å²) in [6.45, 7) is 2.23. The fourth-order valence-electron chi connectivity index (χ4n) is 3.01. The van der Waals surface area contributed by atoms with Crippen molar-refractivity contribution in [3.63, 3.8) is 0 Å². The lowest BCUT2D eigenvalue weighted by molar-refractivity contribution is 0.617. The van der Waals surface area contributed by atoms with Crippen molar-refractivity contribution in [3.05, 3.63) is 65.5 Å². The first-order chi connectivity index (χ1) is 13.6. The lowest BCUT2D eigenvalue weighted by Crippen LogP contribution is -2.04. The summed E-state index contributed by atoms with van der Waals surface area (Å²) in [6.07, 6.45) is 4.82. The molecule has 0 bridgehead atoms. The molecule has 3 aromatic heterocycles. The van der Waals surface area contributed by atoms with Gasteiger partial charge in [0.2, 0.25) is 5.95 Å². The van der Waals surface area contributed by atoms with Gasteiger partial charge in [-0.3, -0.25) is 4.98 Å². The van der Waals surface area contributed by atoms with E-state index in [1.807, 2.05) is 10.6 Å². The molecular formula is C20H16FN7. The summed E-state index contributed by atoms with van der Waals surface area (Å²) in [6, 6.07) is 8.82. The summed E-state index contributed by atoms with van der Waals surface area (Å²) in [4.78, 5) is 17.7. The first-order valence-electron chi connectivity index (χ1n) is 8.60. The van der Waals surface area contributed by atoms with E-state index in [1.165, 1.54) is 12.3 Å². The molecule has 8 heteroatoms. The van der Waals surface area contributed by atoms with Gasteiger partial charge in [-0.15, -0.1) is 0 Å². The largest absolute Gasteiger partial charge is 0.357 e. The van der Waals surface area contributed by atoms with Crippen molar-refractivity contribution in [1.29, 1.82) is 5.26 Å². The molecule has 1 aromatic carbocycles. The molecule has 0 saturated heterocycles. The predicted octanol–water partition coefficient (Wildman–Crippen LogP) is 3.30. The van der Waals surface area contributed by atoms with Crippen LogP contribution in [0.3, 0.4) is 0 Å². The van der Waals surface area contributed by atoms with E-state index < -0.39 is 0 Å². The molecule has 0 radical (unpaired) electrons. The third kappa shape index (κ3) is 3.14. The number of nitrogens with zero attached hydrogens (tertiary/aromatic N) is 6. The number of halogens is 1. The van der Waals surface area contributed by atoms with E-state index in [4.69, 9.17) is 5.26 Å². The zero-order chi connectivity index (χ0) is 19.7. The fourth-order valence-corrected chi connectivity index (χ4v) is 3.01. The van der Waals surface area contributed by atoms with Gasteiger partial charge in [0.15, 0.2) is 5.65 Å². The van der Waals surface area contributed by atoms with Gasteiger partial charge in [0.25, 0.3) is 0 Å². The lowest BCUT2D eigenvalue weighted by atomic mass is 10.1. The number of aromatic nitrogens is 5. The van der Waals surface area contributed by atoms with Crippen molar-refractivity contribution in [2.75, 3.05) is 12.4 Å². The Morgan fingerprint density at radius 3 is 2.82 bits per heavy atom. The number of rotatable bonds is 4. The van der Waals surface area contributed by atoms with Crippen LogP contribution in [0.1, 0.15) is 16.7 Å². The highest BCUT2D eigenvalue weighted by atomic mass is 19.1. The normalized spacial score (nSPS) is 10.8. The Hall–Kier alpha value is -3.86. The van der Waals surface area contributed by atoms with Crippen LogP contribution in [0.15, 0.2) is 43.0 Å². The van der Waals surface area contributed by atoms with Gasteiger partial charge in [-0.05, 0) is 30.2 Å². The Labute approximate surface area is 160 Å². The summed E-state index contributed by atoms with van der Waals surface area (Å²) >= 11 is 0. The van der Waals surface area contributed by atoms with E-state index in [9.17, 15) is 4.39 Å². The zero-order valence-electron chi connectivity index (χ0n) is 15.3. The number of nitrogens with one attached hydrogen (secondary N) is 1. The highest BCUT2D eigenvalue weighted by molar-refractivity contribution is 5.88. The molecule has 0 amide bonds. The smallest absolute Gasteiger partial charge is 0.225 e. The number of aryl methyl sites for hydroxylation is 1. The maximum absolute atomic E-state index is 13.6. The van der Waals surface area contributed by atoms with Crippen LogP contribution in [0.25, 0.3) is 22.4 Å². The zero-order valence-corrected chi connectivity index (χ0v) is 15.3. The van der Waals surface area contributed by atoms with Crippen LogP contribution in [0, 0.1) is 24.1 Å². The Bertz CT molecular complexity index is 1220. The average Bonchev–Trinajstić information content (AvgIpc) is 3.12. The Balaban J connectivity index is 1.84. The highest BCUT2D eigenvalue weighted by Gasteiger charge is 2.16. The Kier molecular flexibility index (Phi) is 4.41. The molecular weight excluding hydrogens is 357 g/mol. The molecule has 0 saturated carbocycles. The molecule has 0 spiro atoms. The second-order valence-electron chi connectivity index (χ2n) is 6.35. The van der Waals surface area contributed by atoms with Gasteiger partial charge in [-0.25, -0.2) is 14.4 Å². The molecule has 1 N–H and O–H groups in total. The molecule has 0 unspecified atom stereocenters. The first kappa shape index (κ1) is 17.5. The van der Waals surface area contributed by atoms with Crippen molar-refractivity contribution >= 4 is 17.1 Å². The van der Waals surface area contributed by atoms with Gasteiger partial charge in [0.05, 0.1) is 18.4 Å². The molecule has 0 aliphatic carbocycles. The van der Waals surface area contributed by atoms with Crippen LogP contribution in [-0.2, 0) is 6.54 Å². The number of hydrogen-bond acceptors (Lipinski definition) is 6. The van der Waals surface area contributed by atoms with E-state index in [2.05, 4.69) is 31.3 Å². The maximum atomic E-state index is 13.6. The first-order valence-corrected chi connectivity index (χ1v) is 8.60. The summed E-state index contributed by atoms with van der Waals surface area (Å²) in [5, 5.41) is 12.1. The van der Waals surface area contributed by atoms with E-state index >= 15 is 0 Å². The van der Waals surface area contributed by atoms with Crippen molar-refractivity contribution < 1.29 is 4.39 Å². The number of pyridine rings is 1. The third-order valence-electron chi connectivity index (χ3n) is 4.40. The van der Waals surface area contributed by atoms with Crippen LogP contribution >= 0.6 is 0 Å². The van der Waals surface area contributed by atoms with E-state index in [0.29, 0.717) is 46.0 Å². The number of anilines is 1. The minimum atomic E-state index is -0.230. The van der Waals surface area contributed by atoms with E-state index in [1.54, 1.807) is 38.6 Å². The SMILES string of the molecule is CNc1nc(-c2cncc(C#N)c2)c2ncn(Cc3ccc(F)c(C)c3)c2n1. The Morgan fingerprint density at radius 2 is 2.07 bits per heavy atom. The second kappa shape index (κ2) is 7.04. The minimum Gasteiger partial charge on any atom is -0.357 e. The molecule has 0 aliphatic rings. The van der Waals surface area contributed by atoms with E-state index in [-0.39, 0.29) is 5.82 Å². The monoisotopic (exact) mass is 373 g/mol. The van der Waals surface area contributed by atoms with Crippen LogP contribution in [0.2, 0.25) is 0 Å². The topological polar surface area (TPSA) is 92.3 Å². The molecule has 7 nitrogen and oxygen atoms in total. The summed E-state index contributed by atoms with van der Waals surface area (Å²) in [5.74, 6) is 0.202. The molecule has 4 aromatic rings. The minimum absolute atomic E-state index is 0.230. The van der Waals surface area contributed by atoms with Gasteiger partial charge in [0, 0.05) is 25.0 Å². The summed E-state index contributed by atoms with van der Waals surface area (Å²) in [5.41, 5.74) is 4.49. The van der Waals surface area contributed by atoms with Crippen LogP contribution in [0.5, 0.6) is 0 Å². The van der Waals surface area contributed by atoms with Crippen molar-refractivity contribution in [2.24, 2.45) is 0 Å². The van der Waals surface area contributed by atoms with Gasteiger partial charge in [-0.2, -0.15) is 10.2 Å². The fraction of sp³-hybridized carbons (Fsp3) is 0.150. The summed E-state index contributed by atoms with van der Waals surface area (Å²) < 4.78 is 15.4. The van der Waals surface area contributed by atoms with Crippen LogP contribution in [0.4, 0.5) is 10.3 Å². The van der Waals surface area contributed by atoms with Gasteiger partial charge >= 0.3 is 0 Å². The number of fused-ring (bicyclic) bond motifs is 1. The molecule has 4 rings (SSSR count). The quantitative estimate of drug-likeness (QED) is 0.590. The molecule has 0 fully saturated rings. The van der Waals surface area contributed by atoms with Crippen LogP contribution in [-0.4, -0.2) is 31.6 Å². The average molecular weight is 373 g/mol. The van der Waals surface area contributed by atoms with Gasteiger partial charge < -0.3 is 9.88 Å². The predicted molar refractivity (Wildman–Crippen MR) is 103 cm³/mol. The molecule has 0 atom stereocenters. The highest BCUT2D eigenvalue weighted by Crippen LogP contribution is 2.27. The third-order valence-corrected chi connectivity index (χ3v) is 4.40. The second-order valence-corrected chi connectivity index (χ2v) is 6.35. The summed E-state index contributed by atoms with van der Waals surface area (Å²) in [7, 11) is 1.74. The molecule has 3 heterocycles. The van der Waals surface area contributed by atoms with E-state index in [0.717, 1.165) is 5.56 Å². The number of imidazole rings is 1. The van der Waals surface area contributed by atoms with Crippen molar-refractivity contribution in [1.82, 2.24) is 24.5 Å². The number of hydrogen-bond donors (Lipinski definition) is 1. The van der Waals surface area contributed by atoms with Gasteiger partial charge in [-0.1, -0.05) is 12.1 Å². The number of nitriles is 1. The molecule has 0 aliphatic heterocycles. The van der Waals surface area contributed by atoms with Crippen molar-refractivity contribution in [3.8, 4) is 17.3 Å². The number of benzene rings is 1. The van der Waals surface area contributed by atoms with Gasteiger partial charge in [0.1, 0.15) is 23.1 Å². The lowest BCUT2D eigenvalue weighted by Gasteiger charge is -2.08. The Morgan fingerprint density at radius 1 is 1.21 bits per heavy atom. The molecule has 138 valence electrons. The maximum Gasteiger partial charge on any atom is 0.225 e.